The van der Waals surface area contributed by atoms with Gasteiger partial charge in [-0.3, -0.25) is 4.79 Å². The van der Waals surface area contributed by atoms with Gasteiger partial charge in [-0.25, -0.2) is 0 Å². The second-order valence-electron chi connectivity index (χ2n) is 2.40. The van der Waals surface area contributed by atoms with Crippen molar-refractivity contribution in [3.8, 4) is 0 Å². The first-order valence-electron chi connectivity index (χ1n) is 3.30. The Kier molecular flexibility index (Phi) is 4.22. The van der Waals surface area contributed by atoms with Gasteiger partial charge in [0.2, 0.25) is 5.91 Å². The summed E-state index contributed by atoms with van der Waals surface area (Å²) in [5, 5.41) is 11.0. The summed E-state index contributed by atoms with van der Waals surface area (Å²) < 4.78 is 0. The van der Waals surface area contributed by atoms with Crippen molar-refractivity contribution in [2.45, 2.75) is 13.8 Å². The Morgan fingerprint density at radius 1 is 1.64 bits per heavy atom. The van der Waals surface area contributed by atoms with E-state index in [0.717, 1.165) is 0 Å². The Hall–Kier alpha value is -1.09. The van der Waals surface area contributed by atoms with Crippen LogP contribution in [0.15, 0.2) is 23.9 Å². The molecule has 0 spiro atoms. The Bertz CT molecular complexity index is 194. The lowest BCUT2D eigenvalue weighted by molar-refractivity contribution is -0.116. The molecule has 0 aliphatic rings. The third-order valence-corrected chi connectivity index (χ3v) is 1.09. The van der Waals surface area contributed by atoms with Crippen molar-refractivity contribution in [2.24, 2.45) is 0 Å². The van der Waals surface area contributed by atoms with Crippen molar-refractivity contribution in [3.63, 3.8) is 0 Å². The van der Waals surface area contributed by atoms with Crippen molar-refractivity contribution in [1.82, 2.24) is 5.32 Å². The minimum atomic E-state index is -0.224. The number of hydrogen-bond acceptors (Lipinski definition) is 2. The van der Waals surface area contributed by atoms with Crippen LogP contribution in [0.2, 0.25) is 0 Å². The predicted octanol–water partition coefficient (Wildman–Crippen LogP) is 0.575. The second-order valence-corrected chi connectivity index (χ2v) is 2.40. The van der Waals surface area contributed by atoms with Crippen LogP contribution in [0.5, 0.6) is 0 Å². The molecular weight excluding hydrogens is 142 g/mol. The molecule has 0 fully saturated rings. The maximum Gasteiger partial charge on any atom is 0.250 e. The van der Waals surface area contributed by atoms with Gasteiger partial charge in [-0.05, 0) is 19.4 Å². The summed E-state index contributed by atoms with van der Waals surface area (Å²) in [6, 6.07) is 0. The molecule has 0 atom stereocenters. The van der Waals surface area contributed by atoms with Crippen molar-refractivity contribution >= 4 is 5.91 Å². The minimum absolute atomic E-state index is 0.0452. The molecule has 0 heterocycles. The first-order valence-corrected chi connectivity index (χ1v) is 3.30. The molecule has 0 aliphatic carbocycles. The van der Waals surface area contributed by atoms with E-state index in [1.54, 1.807) is 13.8 Å². The molecule has 2 N–H and O–H groups in total. The van der Waals surface area contributed by atoms with Gasteiger partial charge in [-0.1, -0.05) is 6.58 Å². The average Bonchev–Trinajstić information content (AvgIpc) is 1.99. The van der Waals surface area contributed by atoms with Gasteiger partial charge in [-0.2, -0.15) is 0 Å². The van der Waals surface area contributed by atoms with E-state index in [-0.39, 0.29) is 12.5 Å². The Morgan fingerprint density at radius 2 is 2.18 bits per heavy atom. The van der Waals surface area contributed by atoms with Gasteiger partial charge in [0.25, 0.3) is 0 Å². The molecule has 62 valence electrons. The quantitative estimate of drug-likeness (QED) is 0.585. The number of rotatable bonds is 3. The zero-order chi connectivity index (χ0) is 8.85. The molecule has 0 aromatic rings. The van der Waals surface area contributed by atoms with Gasteiger partial charge in [0.05, 0.1) is 6.61 Å². The fourth-order valence-electron chi connectivity index (χ4n) is 0.358. The fraction of sp³-hybridized carbons (Fsp3) is 0.375. The molecule has 0 rings (SSSR count). The van der Waals surface area contributed by atoms with Crippen LogP contribution in [0.4, 0.5) is 0 Å². The molecule has 0 radical (unpaired) electrons. The first kappa shape index (κ1) is 9.91. The Labute approximate surface area is 66.4 Å². The van der Waals surface area contributed by atoms with Crippen molar-refractivity contribution in [2.75, 3.05) is 6.61 Å². The third kappa shape index (κ3) is 4.33. The summed E-state index contributed by atoms with van der Waals surface area (Å²) >= 11 is 0. The van der Waals surface area contributed by atoms with Crippen molar-refractivity contribution < 1.29 is 9.90 Å². The highest BCUT2D eigenvalue weighted by atomic mass is 16.3. The average molecular weight is 155 g/mol. The van der Waals surface area contributed by atoms with Crippen molar-refractivity contribution in [3.05, 3.63) is 23.9 Å². The highest BCUT2D eigenvalue weighted by Gasteiger charge is 1.96. The highest BCUT2D eigenvalue weighted by Crippen LogP contribution is 1.89. The molecule has 0 saturated heterocycles. The molecule has 11 heavy (non-hydrogen) atoms. The lowest BCUT2D eigenvalue weighted by atomic mass is 10.3. The zero-order valence-electron chi connectivity index (χ0n) is 6.85. The maximum absolute atomic E-state index is 10.8. The summed E-state index contributed by atoms with van der Waals surface area (Å²) in [7, 11) is 0. The molecule has 3 nitrogen and oxygen atoms in total. The highest BCUT2D eigenvalue weighted by molar-refractivity contribution is 5.92. The van der Waals surface area contributed by atoms with Gasteiger partial charge >= 0.3 is 0 Å². The topological polar surface area (TPSA) is 49.3 Å². The van der Waals surface area contributed by atoms with Gasteiger partial charge in [0, 0.05) is 11.8 Å². The molecule has 0 saturated carbocycles. The van der Waals surface area contributed by atoms with Gasteiger partial charge in [0.15, 0.2) is 0 Å². The van der Waals surface area contributed by atoms with Gasteiger partial charge in [0.1, 0.15) is 0 Å². The van der Waals surface area contributed by atoms with Crippen LogP contribution in [0.1, 0.15) is 13.8 Å². The normalized spacial score (nSPS) is 11.0. The summed E-state index contributed by atoms with van der Waals surface area (Å²) in [4.78, 5) is 10.8. The van der Waals surface area contributed by atoms with Crippen LogP contribution in [0, 0.1) is 0 Å². The maximum atomic E-state index is 10.8. The smallest absolute Gasteiger partial charge is 0.250 e. The minimum Gasteiger partial charge on any atom is -0.392 e. The predicted molar refractivity (Wildman–Crippen MR) is 43.8 cm³/mol. The van der Waals surface area contributed by atoms with E-state index >= 15 is 0 Å². The largest absolute Gasteiger partial charge is 0.392 e. The number of carbonyl (C=O) groups is 1. The van der Waals surface area contributed by atoms with Crippen LogP contribution in [-0.2, 0) is 4.79 Å². The second kappa shape index (κ2) is 4.68. The van der Waals surface area contributed by atoms with Crippen LogP contribution in [-0.4, -0.2) is 17.6 Å². The van der Waals surface area contributed by atoms with E-state index in [1.807, 2.05) is 0 Å². The summed E-state index contributed by atoms with van der Waals surface area (Å²) in [6.45, 7) is 6.75. The lowest BCUT2D eigenvalue weighted by Gasteiger charge is -1.98. The van der Waals surface area contributed by atoms with Gasteiger partial charge < -0.3 is 10.4 Å². The fourth-order valence-corrected chi connectivity index (χ4v) is 0.358. The third-order valence-electron chi connectivity index (χ3n) is 1.09. The Morgan fingerprint density at radius 3 is 2.55 bits per heavy atom. The number of hydrogen-bond donors (Lipinski definition) is 2. The monoisotopic (exact) mass is 155 g/mol. The lowest BCUT2D eigenvalue weighted by Crippen LogP contribution is -2.18. The molecule has 0 aliphatic heterocycles. The van der Waals surface area contributed by atoms with E-state index in [2.05, 4.69) is 11.9 Å². The van der Waals surface area contributed by atoms with Crippen molar-refractivity contribution in [1.29, 1.82) is 0 Å². The number of amides is 1. The van der Waals surface area contributed by atoms with Crippen LogP contribution < -0.4 is 5.32 Å². The molecule has 3 heteroatoms. The van der Waals surface area contributed by atoms with Crippen LogP contribution >= 0.6 is 0 Å². The van der Waals surface area contributed by atoms with E-state index in [1.165, 1.54) is 6.20 Å². The van der Waals surface area contributed by atoms with E-state index in [4.69, 9.17) is 5.11 Å². The number of aliphatic hydroxyl groups excluding tert-OH is 1. The van der Waals surface area contributed by atoms with E-state index in [0.29, 0.717) is 11.1 Å². The van der Waals surface area contributed by atoms with Crippen LogP contribution in [0.25, 0.3) is 0 Å². The summed E-state index contributed by atoms with van der Waals surface area (Å²) in [5.41, 5.74) is 1.16. The number of carbonyl (C=O) groups excluding carboxylic acids is 1. The molecular formula is C8H13NO2. The Balaban J connectivity index is 3.88. The number of nitrogens with one attached hydrogen (secondary N) is 1. The first-order chi connectivity index (χ1) is 5.07. The molecule has 0 aromatic heterocycles. The standard InChI is InChI=1S/C8H13NO2/c1-6(2)8(11)9-4-7(3)5-10/h4,10H,1,5H2,2-3H3,(H,9,11). The molecule has 0 aromatic carbocycles. The van der Waals surface area contributed by atoms with Crippen LogP contribution in [0.3, 0.4) is 0 Å². The van der Waals surface area contributed by atoms with Gasteiger partial charge in [-0.15, -0.1) is 0 Å². The SMILES string of the molecule is C=C(C)C(=O)NC=C(C)CO. The summed E-state index contributed by atoms with van der Waals surface area (Å²) in [5.74, 6) is -0.224. The van der Waals surface area contributed by atoms with E-state index < -0.39 is 0 Å². The molecule has 0 unspecified atom stereocenters. The molecule has 1 amide bonds. The number of aliphatic hydroxyl groups is 1. The summed E-state index contributed by atoms with van der Waals surface area (Å²) in [6.07, 6.45) is 1.47. The zero-order valence-corrected chi connectivity index (χ0v) is 6.85. The molecule has 0 bridgehead atoms. The van der Waals surface area contributed by atoms with E-state index in [9.17, 15) is 4.79 Å².